The first kappa shape index (κ1) is 23.5. The molecule has 174 valence electrons. The number of hydrogen-bond donors (Lipinski definition) is 1. The molecule has 2 heterocycles. The standard InChI is InChI=1S/C24H27N3O4S2/c1-3-31-22-9-5-4-8-21(22)25-23(28)16-32-24-14-17(2)19-15-18(10-11-20(19)26-24)33(29,30)27-12-6-7-13-27/h4-5,8-11,14-15H,3,6-7,12-13,16H2,1-2H3,(H,25,28). The van der Waals surface area contributed by atoms with Gasteiger partial charge in [-0.2, -0.15) is 4.31 Å². The van der Waals surface area contributed by atoms with Crippen LogP contribution in [0.3, 0.4) is 0 Å². The lowest BCUT2D eigenvalue weighted by Crippen LogP contribution is -2.27. The summed E-state index contributed by atoms with van der Waals surface area (Å²) in [4.78, 5) is 17.4. The van der Waals surface area contributed by atoms with Crippen LogP contribution < -0.4 is 10.1 Å². The Morgan fingerprint density at radius 1 is 1.15 bits per heavy atom. The molecule has 1 fully saturated rings. The van der Waals surface area contributed by atoms with Crippen LogP contribution in [0.1, 0.15) is 25.3 Å². The number of rotatable bonds is 8. The summed E-state index contributed by atoms with van der Waals surface area (Å²) in [6.07, 6.45) is 1.80. The summed E-state index contributed by atoms with van der Waals surface area (Å²) in [6, 6.07) is 14.3. The molecule has 33 heavy (non-hydrogen) atoms. The van der Waals surface area contributed by atoms with E-state index in [-0.39, 0.29) is 11.7 Å². The highest BCUT2D eigenvalue weighted by Crippen LogP contribution is 2.29. The van der Waals surface area contributed by atoms with Gasteiger partial charge in [0.25, 0.3) is 0 Å². The van der Waals surface area contributed by atoms with Crippen molar-refractivity contribution in [1.82, 2.24) is 9.29 Å². The molecular weight excluding hydrogens is 458 g/mol. The van der Waals surface area contributed by atoms with E-state index in [0.29, 0.717) is 46.6 Å². The van der Waals surface area contributed by atoms with Crippen molar-refractivity contribution in [3.05, 3.63) is 54.1 Å². The molecule has 1 saturated heterocycles. The van der Waals surface area contributed by atoms with Gasteiger partial charge in [0.2, 0.25) is 15.9 Å². The maximum Gasteiger partial charge on any atom is 0.243 e. The lowest BCUT2D eigenvalue weighted by atomic mass is 10.1. The number of carbonyl (C=O) groups is 1. The lowest BCUT2D eigenvalue weighted by molar-refractivity contribution is -0.113. The number of fused-ring (bicyclic) bond motifs is 1. The van der Waals surface area contributed by atoms with Crippen molar-refractivity contribution in [3.8, 4) is 5.75 Å². The Bertz CT molecular complexity index is 1270. The number of nitrogens with zero attached hydrogens (tertiary/aromatic N) is 2. The minimum atomic E-state index is -3.48. The number of carbonyl (C=O) groups excluding carboxylic acids is 1. The first-order chi connectivity index (χ1) is 15.9. The highest BCUT2D eigenvalue weighted by molar-refractivity contribution is 7.99. The predicted octanol–water partition coefficient (Wildman–Crippen LogP) is 4.46. The number of hydrogen-bond acceptors (Lipinski definition) is 6. The van der Waals surface area contributed by atoms with Crippen molar-refractivity contribution in [3.63, 3.8) is 0 Å². The van der Waals surface area contributed by atoms with Crippen LogP contribution in [0, 0.1) is 6.92 Å². The maximum atomic E-state index is 12.9. The van der Waals surface area contributed by atoms with Gasteiger partial charge in [0.15, 0.2) is 0 Å². The van der Waals surface area contributed by atoms with E-state index < -0.39 is 10.0 Å². The second-order valence-electron chi connectivity index (χ2n) is 7.83. The minimum absolute atomic E-state index is 0.154. The lowest BCUT2D eigenvalue weighted by Gasteiger charge is -2.16. The van der Waals surface area contributed by atoms with Crippen LogP contribution in [0.2, 0.25) is 0 Å². The SMILES string of the molecule is CCOc1ccccc1NC(=O)CSc1cc(C)c2cc(S(=O)(=O)N3CCCC3)ccc2n1. The number of nitrogens with one attached hydrogen (secondary N) is 1. The highest BCUT2D eigenvalue weighted by Gasteiger charge is 2.27. The van der Waals surface area contributed by atoms with Gasteiger partial charge in [-0.25, -0.2) is 13.4 Å². The Kier molecular flexibility index (Phi) is 7.21. The van der Waals surface area contributed by atoms with E-state index in [0.717, 1.165) is 23.8 Å². The third-order valence-electron chi connectivity index (χ3n) is 5.48. The summed E-state index contributed by atoms with van der Waals surface area (Å²) in [5.41, 5.74) is 2.27. The van der Waals surface area contributed by atoms with Gasteiger partial charge in [0.1, 0.15) is 5.75 Å². The first-order valence-corrected chi connectivity index (χ1v) is 13.4. The number of thioether (sulfide) groups is 1. The number of ether oxygens (including phenoxy) is 1. The van der Waals surface area contributed by atoms with Crippen LogP contribution in [0.4, 0.5) is 5.69 Å². The van der Waals surface area contributed by atoms with Crippen LogP contribution in [0.5, 0.6) is 5.75 Å². The van der Waals surface area contributed by atoms with Crippen molar-refractivity contribution in [2.45, 2.75) is 36.6 Å². The molecule has 1 aliphatic rings. The zero-order chi connectivity index (χ0) is 23.4. The molecule has 0 aliphatic carbocycles. The topological polar surface area (TPSA) is 88.6 Å². The van der Waals surface area contributed by atoms with Crippen LogP contribution in [-0.4, -0.2) is 49.1 Å². The first-order valence-electron chi connectivity index (χ1n) is 10.9. The number of pyridine rings is 1. The fraction of sp³-hybridized carbons (Fsp3) is 0.333. The Hall–Kier alpha value is -2.62. The Labute approximate surface area is 198 Å². The van der Waals surface area contributed by atoms with E-state index in [1.54, 1.807) is 28.6 Å². The van der Waals surface area contributed by atoms with E-state index in [9.17, 15) is 13.2 Å². The third-order valence-corrected chi connectivity index (χ3v) is 8.28. The summed E-state index contributed by atoms with van der Waals surface area (Å²) < 4.78 is 32.9. The van der Waals surface area contributed by atoms with Gasteiger partial charge >= 0.3 is 0 Å². The summed E-state index contributed by atoms with van der Waals surface area (Å²) in [5.74, 6) is 0.677. The Morgan fingerprint density at radius 3 is 2.67 bits per heavy atom. The fourth-order valence-corrected chi connectivity index (χ4v) is 6.15. The molecule has 0 spiro atoms. The number of sulfonamides is 1. The van der Waals surface area contributed by atoms with E-state index in [1.807, 2.05) is 38.1 Å². The number of anilines is 1. The van der Waals surface area contributed by atoms with Crippen LogP contribution >= 0.6 is 11.8 Å². The number of amides is 1. The van der Waals surface area contributed by atoms with Crippen LogP contribution in [0.15, 0.2) is 58.5 Å². The average Bonchev–Trinajstić information content (AvgIpc) is 3.35. The summed E-state index contributed by atoms with van der Waals surface area (Å²) in [6.45, 7) is 5.49. The largest absolute Gasteiger partial charge is 0.492 e. The van der Waals surface area contributed by atoms with Gasteiger partial charge in [0, 0.05) is 18.5 Å². The molecule has 0 saturated carbocycles. The Balaban J connectivity index is 1.47. The van der Waals surface area contributed by atoms with Crippen molar-refractivity contribution in [1.29, 1.82) is 0 Å². The molecule has 4 rings (SSSR count). The van der Waals surface area contributed by atoms with E-state index in [2.05, 4.69) is 10.3 Å². The van der Waals surface area contributed by atoms with Crippen LogP contribution in [0.25, 0.3) is 10.9 Å². The van der Waals surface area contributed by atoms with E-state index in [1.165, 1.54) is 11.8 Å². The van der Waals surface area contributed by atoms with E-state index in [4.69, 9.17) is 4.74 Å². The van der Waals surface area contributed by atoms with Gasteiger partial charge in [-0.3, -0.25) is 4.79 Å². The maximum absolute atomic E-state index is 12.9. The molecule has 1 amide bonds. The fourth-order valence-electron chi connectivity index (χ4n) is 3.83. The summed E-state index contributed by atoms with van der Waals surface area (Å²) in [5, 5.41) is 4.40. The molecule has 2 aromatic carbocycles. The molecule has 3 aromatic rings. The quantitative estimate of drug-likeness (QED) is 0.474. The number of benzene rings is 2. The zero-order valence-electron chi connectivity index (χ0n) is 18.7. The molecule has 0 atom stereocenters. The van der Waals surface area contributed by atoms with Gasteiger partial charge in [-0.1, -0.05) is 23.9 Å². The summed E-state index contributed by atoms with van der Waals surface area (Å²) >= 11 is 1.34. The second-order valence-corrected chi connectivity index (χ2v) is 10.8. The summed E-state index contributed by atoms with van der Waals surface area (Å²) in [7, 11) is -3.48. The number of aromatic nitrogens is 1. The van der Waals surface area contributed by atoms with Gasteiger partial charge < -0.3 is 10.1 Å². The van der Waals surface area contributed by atoms with Crippen molar-refractivity contribution in [2.24, 2.45) is 0 Å². The molecule has 0 unspecified atom stereocenters. The number of para-hydroxylation sites is 2. The second kappa shape index (κ2) is 10.1. The monoisotopic (exact) mass is 485 g/mol. The Morgan fingerprint density at radius 2 is 1.91 bits per heavy atom. The molecule has 7 nitrogen and oxygen atoms in total. The predicted molar refractivity (Wildman–Crippen MR) is 131 cm³/mol. The number of aryl methyl sites for hydroxylation is 1. The highest BCUT2D eigenvalue weighted by atomic mass is 32.2. The minimum Gasteiger partial charge on any atom is -0.492 e. The van der Waals surface area contributed by atoms with Gasteiger partial charge in [-0.05, 0) is 68.7 Å². The third kappa shape index (κ3) is 5.31. The van der Waals surface area contributed by atoms with Gasteiger partial charge in [-0.15, -0.1) is 0 Å². The molecule has 0 bridgehead atoms. The van der Waals surface area contributed by atoms with Gasteiger partial charge in [0.05, 0.1) is 33.5 Å². The molecule has 1 aliphatic heterocycles. The molecular formula is C24H27N3O4S2. The molecule has 1 N–H and O–H groups in total. The van der Waals surface area contributed by atoms with Crippen LogP contribution in [-0.2, 0) is 14.8 Å². The van der Waals surface area contributed by atoms with Crippen molar-refractivity contribution in [2.75, 3.05) is 30.8 Å². The van der Waals surface area contributed by atoms with E-state index >= 15 is 0 Å². The molecule has 1 aromatic heterocycles. The van der Waals surface area contributed by atoms with Crippen molar-refractivity contribution >= 4 is 44.3 Å². The zero-order valence-corrected chi connectivity index (χ0v) is 20.3. The van der Waals surface area contributed by atoms with Crippen molar-refractivity contribution < 1.29 is 17.9 Å². The average molecular weight is 486 g/mol. The normalized spacial score (nSPS) is 14.5. The smallest absolute Gasteiger partial charge is 0.243 e. The molecule has 0 radical (unpaired) electrons. The molecule has 9 heteroatoms.